The summed E-state index contributed by atoms with van der Waals surface area (Å²) in [6.45, 7) is 3.58. The predicted molar refractivity (Wildman–Crippen MR) is 70.8 cm³/mol. The normalized spacial score (nSPS) is 20.3. The molecule has 1 atom stereocenters. The highest BCUT2D eigenvalue weighted by Gasteiger charge is 2.20. The van der Waals surface area contributed by atoms with Crippen molar-refractivity contribution in [3.05, 3.63) is 29.0 Å². The highest BCUT2D eigenvalue weighted by atomic mass is 35.5. The van der Waals surface area contributed by atoms with Gasteiger partial charge >= 0.3 is 0 Å². The number of halogens is 2. The van der Waals surface area contributed by atoms with Crippen LogP contribution in [0.25, 0.3) is 0 Å². The van der Waals surface area contributed by atoms with Gasteiger partial charge in [0.15, 0.2) is 0 Å². The summed E-state index contributed by atoms with van der Waals surface area (Å²) in [5.74, 6) is 0.200. The van der Waals surface area contributed by atoms with E-state index in [0.717, 1.165) is 19.6 Å². The second kappa shape index (κ2) is 6.36. The number of benzene rings is 1. The molecule has 1 fully saturated rings. The fourth-order valence-electron chi connectivity index (χ4n) is 2.15. The van der Waals surface area contributed by atoms with Crippen molar-refractivity contribution in [2.45, 2.75) is 12.5 Å². The standard InChI is InChI=1S/C13H18ClFN2O/c1-16-11-4-5-17(9-11)6-7-18-13-3-2-10(15)8-12(13)14/h2-3,8,11,16H,4-7,9H2,1H3. The average Bonchev–Trinajstić information content (AvgIpc) is 2.80. The molecule has 5 heteroatoms. The summed E-state index contributed by atoms with van der Waals surface area (Å²) in [7, 11) is 1.99. The molecule has 100 valence electrons. The molecular weight excluding hydrogens is 255 g/mol. The zero-order valence-electron chi connectivity index (χ0n) is 10.5. The van der Waals surface area contributed by atoms with Crippen molar-refractivity contribution in [2.24, 2.45) is 0 Å². The van der Waals surface area contributed by atoms with Crippen molar-refractivity contribution in [3.63, 3.8) is 0 Å². The van der Waals surface area contributed by atoms with Crippen LogP contribution >= 0.6 is 11.6 Å². The zero-order valence-corrected chi connectivity index (χ0v) is 11.2. The fraction of sp³-hybridized carbons (Fsp3) is 0.538. The summed E-state index contributed by atoms with van der Waals surface area (Å²) >= 11 is 5.88. The summed E-state index contributed by atoms with van der Waals surface area (Å²) < 4.78 is 18.4. The molecule has 0 aromatic heterocycles. The van der Waals surface area contributed by atoms with Crippen LogP contribution in [0.4, 0.5) is 4.39 Å². The maximum atomic E-state index is 12.8. The Kier molecular flexibility index (Phi) is 4.80. The van der Waals surface area contributed by atoms with E-state index in [9.17, 15) is 4.39 Å². The van der Waals surface area contributed by atoms with Crippen LogP contribution < -0.4 is 10.1 Å². The molecule has 3 nitrogen and oxygen atoms in total. The fourth-order valence-corrected chi connectivity index (χ4v) is 2.37. The van der Waals surface area contributed by atoms with Gasteiger partial charge in [-0.3, -0.25) is 4.90 Å². The molecule has 1 saturated heterocycles. The van der Waals surface area contributed by atoms with Crippen LogP contribution in [0.5, 0.6) is 5.75 Å². The third-order valence-corrected chi connectivity index (χ3v) is 3.53. The van der Waals surface area contributed by atoms with Gasteiger partial charge in [-0.05, 0) is 38.2 Å². The van der Waals surface area contributed by atoms with Crippen molar-refractivity contribution in [3.8, 4) is 5.75 Å². The van der Waals surface area contributed by atoms with Gasteiger partial charge in [-0.15, -0.1) is 0 Å². The maximum Gasteiger partial charge on any atom is 0.138 e. The van der Waals surface area contributed by atoms with Crippen molar-refractivity contribution in [2.75, 3.05) is 33.3 Å². The van der Waals surface area contributed by atoms with Crippen LogP contribution in [-0.4, -0.2) is 44.2 Å². The largest absolute Gasteiger partial charge is 0.491 e. The van der Waals surface area contributed by atoms with E-state index < -0.39 is 0 Å². The van der Waals surface area contributed by atoms with E-state index in [-0.39, 0.29) is 5.82 Å². The molecule has 0 amide bonds. The first-order valence-corrected chi connectivity index (χ1v) is 6.54. The van der Waals surface area contributed by atoms with Crippen molar-refractivity contribution in [1.82, 2.24) is 10.2 Å². The second-order valence-electron chi connectivity index (χ2n) is 4.50. The Labute approximate surface area is 112 Å². The summed E-state index contributed by atoms with van der Waals surface area (Å²) in [4.78, 5) is 2.35. The molecule has 0 bridgehead atoms. The molecular formula is C13H18ClFN2O. The summed E-state index contributed by atoms with van der Waals surface area (Å²) in [5.41, 5.74) is 0. The Balaban J connectivity index is 1.75. The lowest BCUT2D eigenvalue weighted by Gasteiger charge is -2.16. The Morgan fingerprint density at radius 1 is 1.56 bits per heavy atom. The van der Waals surface area contributed by atoms with Gasteiger partial charge in [0.1, 0.15) is 18.2 Å². The van der Waals surface area contributed by atoms with Crippen LogP contribution in [0.2, 0.25) is 5.02 Å². The van der Waals surface area contributed by atoms with Crippen LogP contribution in [0.1, 0.15) is 6.42 Å². The molecule has 2 rings (SSSR count). The zero-order chi connectivity index (χ0) is 13.0. The van der Waals surface area contributed by atoms with Crippen molar-refractivity contribution in [1.29, 1.82) is 0 Å². The molecule has 1 aromatic rings. The van der Waals surface area contributed by atoms with E-state index in [2.05, 4.69) is 10.2 Å². The molecule has 1 unspecified atom stereocenters. The lowest BCUT2D eigenvalue weighted by atomic mass is 10.3. The SMILES string of the molecule is CNC1CCN(CCOc2ccc(F)cc2Cl)C1. The molecule has 1 aliphatic rings. The highest BCUT2D eigenvalue weighted by Crippen LogP contribution is 2.24. The highest BCUT2D eigenvalue weighted by molar-refractivity contribution is 6.32. The molecule has 1 aliphatic heterocycles. The summed E-state index contributed by atoms with van der Waals surface area (Å²) in [6, 6.07) is 4.77. The molecule has 1 aromatic carbocycles. The number of hydrogen-bond acceptors (Lipinski definition) is 3. The Bertz CT molecular complexity index is 403. The first-order valence-electron chi connectivity index (χ1n) is 6.16. The third-order valence-electron chi connectivity index (χ3n) is 3.24. The van der Waals surface area contributed by atoms with Crippen molar-refractivity contribution >= 4 is 11.6 Å². The number of ether oxygens (including phenoxy) is 1. The average molecular weight is 273 g/mol. The molecule has 1 N–H and O–H groups in total. The van der Waals surface area contributed by atoms with Gasteiger partial charge in [0.25, 0.3) is 0 Å². The van der Waals surface area contributed by atoms with Crippen LogP contribution in [0.15, 0.2) is 18.2 Å². The van der Waals surface area contributed by atoms with E-state index in [4.69, 9.17) is 16.3 Å². The minimum absolute atomic E-state index is 0.324. The quantitative estimate of drug-likeness (QED) is 0.889. The van der Waals surface area contributed by atoms with Gasteiger partial charge in [-0.2, -0.15) is 0 Å². The second-order valence-corrected chi connectivity index (χ2v) is 4.91. The van der Waals surface area contributed by atoms with E-state index in [1.165, 1.54) is 18.6 Å². The van der Waals surface area contributed by atoms with Crippen LogP contribution in [-0.2, 0) is 0 Å². The minimum atomic E-state index is -0.344. The van der Waals surface area contributed by atoms with E-state index >= 15 is 0 Å². The first kappa shape index (κ1) is 13.6. The van der Waals surface area contributed by atoms with Gasteiger partial charge in [-0.1, -0.05) is 11.6 Å². The monoisotopic (exact) mass is 272 g/mol. The minimum Gasteiger partial charge on any atom is -0.491 e. The van der Waals surface area contributed by atoms with Crippen LogP contribution in [0.3, 0.4) is 0 Å². The van der Waals surface area contributed by atoms with Gasteiger partial charge in [0.2, 0.25) is 0 Å². The number of likely N-dealkylation sites (tertiary alicyclic amines) is 1. The lowest BCUT2D eigenvalue weighted by molar-refractivity contribution is 0.235. The van der Waals surface area contributed by atoms with Crippen LogP contribution in [0, 0.1) is 5.82 Å². The number of likely N-dealkylation sites (N-methyl/N-ethyl adjacent to an activating group) is 1. The smallest absolute Gasteiger partial charge is 0.138 e. The molecule has 18 heavy (non-hydrogen) atoms. The molecule has 1 heterocycles. The Morgan fingerprint density at radius 3 is 3.06 bits per heavy atom. The van der Waals surface area contributed by atoms with Gasteiger partial charge in [0.05, 0.1) is 5.02 Å². The van der Waals surface area contributed by atoms with Crippen molar-refractivity contribution < 1.29 is 9.13 Å². The number of rotatable bonds is 5. The maximum absolute atomic E-state index is 12.8. The predicted octanol–water partition coefficient (Wildman–Crippen LogP) is 2.15. The van der Waals surface area contributed by atoms with Gasteiger partial charge < -0.3 is 10.1 Å². The lowest BCUT2D eigenvalue weighted by Crippen LogP contribution is -2.31. The molecule has 0 aliphatic carbocycles. The number of nitrogens with zero attached hydrogens (tertiary/aromatic N) is 1. The summed E-state index contributed by atoms with van der Waals surface area (Å²) in [6.07, 6.45) is 1.17. The van der Waals surface area contributed by atoms with E-state index in [1.807, 2.05) is 7.05 Å². The number of nitrogens with one attached hydrogen (secondary N) is 1. The topological polar surface area (TPSA) is 24.5 Å². The van der Waals surface area contributed by atoms with E-state index in [1.54, 1.807) is 6.07 Å². The molecule has 0 saturated carbocycles. The third kappa shape index (κ3) is 3.57. The Hall–Kier alpha value is -0.840. The molecule has 0 radical (unpaired) electrons. The van der Waals surface area contributed by atoms with Gasteiger partial charge in [0, 0.05) is 19.1 Å². The van der Waals surface area contributed by atoms with Gasteiger partial charge in [-0.25, -0.2) is 4.39 Å². The Morgan fingerprint density at radius 2 is 2.39 bits per heavy atom. The van der Waals surface area contributed by atoms with E-state index in [0.29, 0.717) is 23.4 Å². The first-order chi connectivity index (χ1) is 8.69. The summed E-state index contributed by atoms with van der Waals surface area (Å²) in [5, 5.41) is 3.60. The molecule has 0 spiro atoms. The number of hydrogen-bond donors (Lipinski definition) is 1.